The zero-order chi connectivity index (χ0) is 21.2. The molecule has 1 unspecified atom stereocenters. The first-order valence-corrected chi connectivity index (χ1v) is 10.2. The van der Waals surface area contributed by atoms with Crippen LogP contribution in [0.2, 0.25) is 0 Å². The summed E-state index contributed by atoms with van der Waals surface area (Å²) in [7, 11) is 3.62. The number of hydrogen-bond acceptors (Lipinski definition) is 6. The first kappa shape index (κ1) is 23.1. The van der Waals surface area contributed by atoms with E-state index in [0.29, 0.717) is 24.1 Å². The summed E-state index contributed by atoms with van der Waals surface area (Å²) < 4.78 is 11.3. The second-order valence-electron chi connectivity index (χ2n) is 7.68. The first-order chi connectivity index (χ1) is 13.9. The third-order valence-corrected chi connectivity index (χ3v) is 4.87. The van der Waals surface area contributed by atoms with Gasteiger partial charge in [-0.3, -0.25) is 4.98 Å². The molecule has 160 valence electrons. The van der Waals surface area contributed by atoms with Crippen LogP contribution in [0.1, 0.15) is 30.8 Å². The van der Waals surface area contributed by atoms with Gasteiger partial charge in [0, 0.05) is 43.5 Å². The molecule has 2 aromatic rings. The minimum absolute atomic E-state index is 0.231. The highest BCUT2D eigenvalue weighted by molar-refractivity contribution is 5.43. The van der Waals surface area contributed by atoms with E-state index in [1.165, 1.54) is 0 Å². The van der Waals surface area contributed by atoms with Crippen LogP contribution >= 0.6 is 0 Å². The van der Waals surface area contributed by atoms with Crippen molar-refractivity contribution in [3.8, 4) is 11.5 Å². The van der Waals surface area contributed by atoms with Gasteiger partial charge < -0.3 is 24.8 Å². The smallest absolute Gasteiger partial charge is 0.161 e. The summed E-state index contributed by atoms with van der Waals surface area (Å²) in [5.74, 6) is 1.32. The minimum atomic E-state index is -0.552. The maximum Gasteiger partial charge on any atom is 0.161 e. The van der Waals surface area contributed by atoms with E-state index in [-0.39, 0.29) is 6.61 Å². The molecule has 0 saturated carbocycles. The molecule has 0 radical (unpaired) electrons. The molecule has 0 amide bonds. The first-order valence-electron chi connectivity index (χ1n) is 10.2. The Morgan fingerprint density at radius 2 is 1.97 bits per heavy atom. The lowest BCUT2D eigenvalue weighted by atomic mass is 10.2. The Labute approximate surface area is 174 Å². The lowest BCUT2D eigenvalue weighted by Gasteiger charge is -2.24. The van der Waals surface area contributed by atoms with E-state index in [1.807, 2.05) is 44.3 Å². The van der Waals surface area contributed by atoms with Crippen molar-refractivity contribution >= 4 is 0 Å². The van der Waals surface area contributed by atoms with Gasteiger partial charge in [0.1, 0.15) is 12.7 Å². The summed E-state index contributed by atoms with van der Waals surface area (Å²) in [6.07, 6.45) is 0.339. The molecule has 1 heterocycles. The standard InChI is InChI=1S/C23H35N3O3/c1-17(2)26(4)15-21(27)16-29-22-10-9-19(13-23(22)28-5)14-24-12-11-20-8-6-7-18(3)25-20/h6-10,13,17,21,24,27H,11-12,14-16H2,1-5H3. The maximum atomic E-state index is 10.2. The van der Waals surface area contributed by atoms with Crippen LogP contribution in [0.15, 0.2) is 36.4 Å². The van der Waals surface area contributed by atoms with E-state index in [1.54, 1.807) is 7.11 Å². The Kier molecular flexibility index (Phi) is 9.38. The molecular formula is C23H35N3O3. The van der Waals surface area contributed by atoms with Crippen LogP contribution in [-0.4, -0.2) is 61.0 Å². The molecule has 1 aromatic heterocycles. The number of nitrogens with one attached hydrogen (secondary N) is 1. The topological polar surface area (TPSA) is 66.8 Å². The molecule has 1 atom stereocenters. The van der Waals surface area contributed by atoms with Gasteiger partial charge in [-0.2, -0.15) is 0 Å². The highest BCUT2D eigenvalue weighted by atomic mass is 16.5. The number of hydrogen-bond donors (Lipinski definition) is 2. The van der Waals surface area contributed by atoms with Gasteiger partial charge in [0.15, 0.2) is 11.5 Å². The lowest BCUT2D eigenvalue weighted by Crippen LogP contribution is -2.36. The zero-order valence-electron chi connectivity index (χ0n) is 18.3. The van der Waals surface area contributed by atoms with Gasteiger partial charge in [-0.15, -0.1) is 0 Å². The fourth-order valence-electron chi connectivity index (χ4n) is 2.91. The third-order valence-electron chi connectivity index (χ3n) is 4.87. The van der Waals surface area contributed by atoms with Gasteiger partial charge in [-0.05, 0) is 57.6 Å². The lowest BCUT2D eigenvalue weighted by molar-refractivity contribution is 0.0668. The summed E-state index contributed by atoms with van der Waals surface area (Å²) in [5, 5.41) is 13.6. The molecule has 0 saturated heterocycles. The van der Waals surface area contributed by atoms with E-state index < -0.39 is 6.10 Å². The average molecular weight is 402 g/mol. The van der Waals surface area contributed by atoms with Gasteiger partial charge in [0.2, 0.25) is 0 Å². The van der Waals surface area contributed by atoms with Crippen LogP contribution in [0.5, 0.6) is 11.5 Å². The van der Waals surface area contributed by atoms with Crippen molar-refractivity contribution in [3.63, 3.8) is 0 Å². The molecule has 0 fully saturated rings. The van der Waals surface area contributed by atoms with Crippen LogP contribution in [0.25, 0.3) is 0 Å². The Bertz CT molecular complexity index is 752. The molecule has 0 aliphatic carbocycles. The number of aliphatic hydroxyl groups excluding tert-OH is 1. The Balaban J connectivity index is 1.81. The number of nitrogens with zero attached hydrogens (tertiary/aromatic N) is 2. The minimum Gasteiger partial charge on any atom is -0.493 e. The van der Waals surface area contributed by atoms with Crippen LogP contribution in [0.3, 0.4) is 0 Å². The molecule has 1 aromatic carbocycles. The second kappa shape index (κ2) is 11.8. The van der Waals surface area contributed by atoms with Crippen molar-refractivity contribution in [3.05, 3.63) is 53.3 Å². The van der Waals surface area contributed by atoms with E-state index in [2.05, 4.69) is 35.1 Å². The van der Waals surface area contributed by atoms with Gasteiger partial charge in [-0.1, -0.05) is 12.1 Å². The van der Waals surface area contributed by atoms with Crippen molar-refractivity contribution in [2.75, 3.05) is 33.9 Å². The summed E-state index contributed by atoms with van der Waals surface area (Å²) in [6.45, 7) is 8.60. The molecule has 6 heteroatoms. The van der Waals surface area contributed by atoms with Crippen molar-refractivity contribution in [2.24, 2.45) is 0 Å². The number of benzene rings is 1. The molecule has 0 aliphatic heterocycles. The number of likely N-dealkylation sites (N-methyl/N-ethyl adjacent to an activating group) is 1. The van der Waals surface area contributed by atoms with Crippen LogP contribution in [0.4, 0.5) is 0 Å². The summed E-state index contributed by atoms with van der Waals surface area (Å²) in [6, 6.07) is 12.4. The zero-order valence-corrected chi connectivity index (χ0v) is 18.3. The molecule has 2 rings (SSSR count). The summed E-state index contributed by atoms with van der Waals surface area (Å²) >= 11 is 0. The molecule has 2 N–H and O–H groups in total. The molecule has 0 bridgehead atoms. The highest BCUT2D eigenvalue weighted by Gasteiger charge is 2.13. The normalized spacial score (nSPS) is 12.4. The van der Waals surface area contributed by atoms with Crippen molar-refractivity contribution in [2.45, 2.75) is 45.9 Å². The summed E-state index contributed by atoms with van der Waals surface area (Å²) in [4.78, 5) is 6.61. The van der Waals surface area contributed by atoms with E-state index in [0.717, 1.165) is 36.5 Å². The molecule has 6 nitrogen and oxygen atoms in total. The third kappa shape index (κ3) is 8.01. The Hall–Kier alpha value is -2.15. The largest absolute Gasteiger partial charge is 0.493 e. The number of rotatable bonds is 12. The van der Waals surface area contributed by atoms with Gasteiger partial charge in [0.25, 0.3) is 0 Å². The number of pyridine rings is 1. The van der Waals surface area contributed by atoms with Crippen LogP contribution in [0, 0.1) is 6.92 Å². The van der Waals surface area contributed by atoms with Crippen molar-refractivity contribution < 1.29 is 14.6 Å². The van der Waals surface area contributed by atoms with Gasteiger partial charge >= 0.3 is 0 Å². The SMILES string of the molecule is COc1cc(CNCCc2cccc(C)n2)ccc1OCC(O)CN(C)C(C)C. The van der Waals surface area contributed by atoms with Gasteiger partial charge in [0.05, 0.1) is 7.11 Å². The van der Waals surface area contributed by atoms with Crippen molar-refractivity contribution in [1.82, 2.24) is 15.2 Å². The number of ether oxygens (including phenoxy) is 2. The maximum absolute atomic E-state index is 10.2. The fourth-order valence-corrected chi connectivity index (χ4v) is 2.91. The number of methoxy groups -OCH3 is 1. The fraction of sp³-hybridized carbons (Fsp3) is 0.522. The molecule has 29 heavy (non-hydrogen) atoms. The van der Waals surface area contributed by atoms with E-state index in [4.69, 9.17) is 9.47 Å². The highest BCUT2D eigenvalue weighted by Crippen LogP contribution is 2.28. The van der Waals surface area contributed by atoms with E-state index in [9.17, 15) is 5.11 Å². The molecule has 0 aliphatic rings. The second-order valence-corrected chi connectivity index (χ2v) is 7.68. The molecular weight excluding hydrogens is 366 g/mol. The Morgan fingerprint density at radius 1 is 1.17 bits per heavy atom. The predicted octanol–water partition coefficient (Wildman–Crippen LogP) is 2.81. The van der Waals surface area contributed by atoms with Crippen molar-refractivity contribution in [1.29, 1.82) is 0 Å². The van der Waals surface area contributed by atoms with Crippen LogP contribution in [-0.2, 0) is 13.0 Å². The number of aromatic nitrogens is 1. The molecule has 0 spiro atoms. The monoisotopic (exact) mass is 401 g/mol. The number of aryl methyl sites for hydroxylation is 1. The Morgan fingerprint density at radius 3 is 2.66 bits per heavy atom. The van der Waals surface area contributed by atoms with Crippen LogP contribution < -0.4 is 14.8 Å². The quantitative estimate of drug-likeness (QED) is 0.533. The predicted molar refractivity (Wildman–Crippen MR) is 117 cm³/mol. The van der Waals surface area contributed by atoms with Gasteiger partial charge in [-0.25, -0.2) is 0 Å². The summed E-state index contributed by atoms with van der Waals surface area (Å²) in [5.41, 5.74) is 3.26. The van der Waals surface area contributed by atoms with E-state index >= 15 is 0 Å². The number of aliphatic hydroxyl groups is 1. The average Bonchev–Trinajstić information content (AvgIpc) is 2.70.